The molecule has 0 saturated heterocycles. The molecule has 0 amide bonds. The first-order valence-corrected chi connectivity index (χ1v) is 5.21. The van der Waals surface area contributed by atoms with Crippen LogP contribution in [0.5, 0.6) is 5.75 Å². The van der Waals surface area contributed by atoms with Crippen LogP contribution in [0, 0.1) is 6.07 Å². The molecule has 0 atom stereocenters. The maximum atomic E-state index is 5.55. The molecule has 77 valence electrons. The maximum absolute atomic E-state index is 5.55. The molecule has 0 bridgehead atoms. The second-order valence-electron chi connectivity index (χ2n) is 2.99. The number of nitrogens with zero attached hydrogens (tertiary/aromatic N) is 1. The largest absolute Gasteiger partial charge is 0.492 e. The summed E-state index contributed by atoms with van der Waals surface area (Å²) >= 11 is 0. The summed E-state index contributed by atoms with van der Waals surface area (Å²) < 4.78 is 5.55. The zero-order chi connectivity index (χ0) is 10.4. The Bertz CT molecular complexity index is 269. The number of hydrogen-bond acceptors (Lipinski definition) is 2. The van der Waals surface area contributed by atoms with E-state index in [9.17, 15) is 0 Å². The van der Waals surface area contributed by atoms with E-state index < -0.39 is 0 Å². The third-order valence-electron chi connectivity index (χ3n) is 2.18. The number of anilines is 1. The van der Waals surface area contributed by atoms with E-state index in [2.05, 4.69) is 24.8 Å². The Balaban J connectivity index is 2.92. The van der Waals surface area contributed by atoms with E-state index in [1.54, 1.807) is 0 Å². The van der Waals surface area contributed by atoms with Crippen LogP contribution in [0.1, 0.15) is 20.8 Å². The Morgan fingerprint density at radius 1 is 1.29 bits per heavy atom. The van der Waals surface area contributed by atoms with Crippen LogP contribution in [0.2, 0.25) is 0 Å². The minimum Gasteiger partial charge on any atom is -0.492 e. The number of ether oxygens (including phenoxy) is 1. The number of benzene rings is 1. The van der Waals surface area contributed by atoms with Crippen molar-refractivity contribution in [2.24, 2.45) is 0 Å². The molecule has 0 aliphatic rings. The quantitative estimate of drug-likeness (QED) is 0.711. The summed E-state index contributed by atoms with van der Waals surface area (Å²) in [6.45, 7) is 8.94. The topological polar surface area (TPSA) is 12.5 Å². The van der Waals surface area contributed by atoms with E-state index in [0.717, 1.165) is 24.5 Å². The average Bonchev–Trinajstić information content (AvgIpc) is 2.23. The summed E-state index contributed by atoms with van der Waals surface area (Å²) in [5, 5.41) is 0. The molecule has 0 heterocycles. The molecule has 0 fully saturated rings. The highest BCUT2D eigenvalue weighted by Gasteiger charge is 2.07. The van der Waals surface area contributed by atoms with E-state index in [1.165, 1.54) is 0 Å². The molecule has 14 heavy (non-hydrogen) atoms. The van der Waals surface area contributed by atoms with Crippen molar-refractivity contribution in [1.82, 2.24) is 0 Å². The van der Waals surface area contributed by atoms with Crippen molar-refractivity contribution in [3.8, 4) is 5.75 Å². The lowest BCUT2D eigenvalue weighted by atomic mass is 10.2. The first kappa shape index (κ1) is 10.9. The predicted octanol–water partition coefficient (Wildman–Crippen LogP) is 2.73. The van der Waals surface area contributed by atoms with Gasteiger partial charge in [0.2, 0.25) is 0 Å². The average molecular weight is 192 g/mol. The summed E-state index contributed by atoms with van der Waals surface area (Å²) in [5.41, 5.74) is 1.07. The van der Waals surface area contributed by atoms with Crippen molar-refractivity contribution in [2.75, 3.05) is 24.6 Å². The Morgan fingerprint density at radius 2 is 2.00 bits per heavy atom. The van der Waals surface area contributed by atoms with Gasteiger partial charge in [-0.3, -0.25) is 0 Å². The van der Waals surface area contributed by atoms with Gasteiger partial charge in [-0.05, 0) is 26.8 Å². The monoisotopic (exact) mass is 192 g/mol. The Hall–Kier alpha value is -1.18. The zero-order valence-electron chi connectivity index (χ0n) is 9.21. The summed E-state index contributed by atoms with van der Waals surface area (Å²) in [7, 11) is 0. The lowest BCUT2D eigenvalue weighted by Crippen LogP contribution is -2.22. The van der Waals surface area contributed by atoms with E-state index in [1.807, 2.05) is 25.1 Å². The molecular weight excluding hydrogens is 174 g/mol. The predicted molar refractivity (Wildman–Crippen MR) is 60.0 cm³/mol. The third kappa shape index (κ3) is 2.41. The van der Waals surface area contributed by atoms with Crippen molar-refractivity contribution < 1.29 is 4.74 Å². The molecule has 0 saturated carbocycles. The fraction of sp³-hybridized carbons (Fsp3) is 0.500. The SMILES string of the molecule is CCOc1ccc[c]c1N(CC)CC. The molecular formula is C12H18NO. The van der Waals surface area contributed by atoms with Gasteiger partial charge in [0.15, 0.2) is 0 Å². The van der Waals surface area contributed by atoms with Crippen LogP contribution < -0.4 is 9.64 Å². The van der Waals surface area contributed by atoms with Gasteiger partial charge in [0.05, 0.1) is 12.3 Å². The van der Waals surface area contributed by atoms with Gasteiger partial charge in [-0.15, -0.1) is 0 Å². The van der Waals surface area contributed by atoms with Crippen LogP contribution in [0.25, 0.3) is 0 Å². The molecule has 0 N–H and O–H groups in total. The van der Waals surface area contributed by atoms with Gasteiger partial charge in [-0.25, -0.2) is 0 Å². The normalized spacial score (nSPS) is 9.93. The molecule has 0 spiro atoms. The number of hydrogen-bond donors (Lipinski definition) is 0. The van der Waals surface area contributed by atoms with Crippen LogP contribution in [0.15, 0.2) is 18.2 Å². The van der Waals surface area contributed by atoms with Gasteiger partial charge in [0.25, 0.3) is 0 Å². The van der Waals surface area contributed by atoms with Crippen molar-refractivity contribution >= 4 is 5.69 Å². The van der Waals surface area contributed by atoms with Crippen molar-refractivity contribution in [3.05, 3.63) is 24.3 Å². The Morgan fingerprint density at radius 3 is 2.57 bits per heavy atom. The zero-order valence-corrected chi connectivity index (χ0v) is 9.21. The maximum Gasteiger partial charge on any atom is 0.143 e. The Kier molecular flexibility index (Phi) is 4.30. The minimum atomic E-state index is 0.701. The molecule has 0 aliphatic carbocycles. The highest BCUT2D eigenvalue weighted by molar-refractivity contribution is 5.57. The summed E-state index contributed by atoms with van der Waals surface area (Å²) in [6.07, 6.45) is 0. The highest BCUT2D eigenvalue weighted by Crippen LogP contribution is 2.26. The van der Waals surface area contributed by atoms with Gasteiger partial charge >= 0.3 is 0 Å². The smallest absolute Gasteiger partial charge is 0.143 e. The van der Waals surface area contributed by atoms with Crippen LogP contribution in [0.4, 0.5) is 5.69 Å². The van der Waals surface area contributed by atoms with E-state index >= 15 is 0 Å². The molecule has 0 aliphatic heterocycles. The number of rotatable bonds is 5. The minimum absolute atomic E-state index is 0.701. The fourth-order valence-corrected chi connectivity index (χ4v) is 1.47. The van der Waals surface area contributed by atoms with Gasteiger partial charge < -0.3 is 9.64 Å². The molecule has 1 rings (SSSR count). The Labute approximate surface area is 86.5 Å². The molecule has 2 nitrogen and oxygen atoms in total. The van der Waals surface area contributed by atoms with Crippen LogP contribution >= 0.6 is 0 Å². The second-order valence-corrected chi connectivity index (χ2v) is 2.99. The van der Waals surface area contributed by atoms with Crippen LogP contribution in [-0.4, -0.2) is 19.7 Å². The van der Waals surface area contributed by atoms with Crippen LogP contribution in [-0.2, 0) is 0 Å². The summed E-state index contributed by atoms with van der Waals surface area (Å²) in [4.78, 5) is 2.24. The molecule has 0 aromatic heterocycles. The van der Waals surface area contributed by atoms with Crippen molar-refractivity contribution in [2.45, 2.75) is 20.8 Å². The highest BCUT2D eigenvalue weighted by atomic mass is 16.5. The van der Waals surface area contributed by atoms with Gasteiger partial charge in [0, 0.05) is 19.2 Å². The second kappa shape index (κ2) is 5.53. The molecule has 0 unspecified atom stereocenters. The molecule has 1 radical (unpaired) electrons. The van der Waals surface area contributed by atoms with E-state index in [-0.39, 0.29) is 0 Å². The van der Waals surface area contributed by atoms with Gasteiger partial charge in [0.1, 0.15) is 5.75 Å². The van der Waals surface area contributed by atoms with E-state index in [0.29, 0.717) is 6.61 Å². The first-order valence-electron chi connectivity index (χ1n) is 5.21. The molecule has 1 aromatic rings. The van der Waals surface area contributed by atoms with Gasteiger partial charge in [-0.1, -0.05) is 12.1 Å². The van der Waals surface area contributed by atoms with Crippen molar-refractivity contribution in [3.63, 3.8) is 0 Å². The van der Waals surface area contributed by atoms with Gasteiger partial charge in [-0.2, -0.15) is 0 Å². The third-order valence-corrected chi connectivity index (χ3v) is 2.18. The van der Waals surface area contributed by atoms with E-state index in [4.69, 9.17) is 4.74 Å². The lowest BCUT2D eigenvalue weighted by Gasteiger charge is -2.23. The van der Waals surface area contributed by atoms with Crippen LogP contribution in [0.3, 0.4) is 0 Å². The first-order chi connectivity index (χ1) is 6.83. The number of para-hydroxylation sites is 1. The van der Waals surface area contributed by atoms with Crippen molar-refractivity contribution in [1.29, 1.82) is 0 Å². The molecule has 1 aromatic carbocycles. The fourth-order valence-electron chi connectivity index (χ4n) is 1.47. The molecule has 2 heteroatoms. The summed E-state index contributed by atoms with van der Waals surface area (Å²) in [6, 6.07) is 9.10. The summed E-state index contributed by atoms with van der Waals surface area (Å²) in [5.74, 6) is 0.929. The standard InChI is InChI=1S/C12H18NO/c1-4-13(5-2)11-9-7-8-10-12(11)14-6-3/h7-8,10H,4-6H2,1-3H3. The lowest BCUT2D eigenvalue weighted by molar-refractivity contribution is 0.340.